The number of carbonyl (C=O) groups excluding carboxylic acids is 1. The van der Waals surface area contributed by atoms with Gasteiger partial charge in [0.1, 0.15) is 0 Å². The molecular weight excluding hydrogens is 419 g/mol. The lowest BCUT2D eigenvalue weighted by molar-refractivity contribution is -0.125. The molecular formula is C15H17Br2ClN2O. The highest BCUT2D eigenvalue weighted by atomic mass is 79.9. The van der Waals surface area contributed by atoms with Gasteiger partial charge in [-0.25, -0.2) is 5.43 Å². The van der Waals surface area contributed by atoms with Crippen LogP contribution >= 0.6 is 43.5 Å². The van der Waals surface area contributed by atoms with Gasteiger partial charge < -0.3 is 0 Å². The topological polar surface area (TPSA) is 41.5 Å². The van der Waals surface area contributed by atoms with Crippen LogP contribution in [0, 0.1) is 5.41 Å². The molecule has 0 spiro atoms. The Hall–Kier alpha value is -0.390. The molecule has 6 heteroatoms. The fourth-order valence-corrected chi connectivity index (χ4v) is 3.64. The molecule has 1 fully saturated rings. The van der Waals surface area contributed by atoms with Gasteiger partial charge >= 0.3 is 0 Å². The molecule has 0 aliphatic heterocycles. The normalized spacial score (nSPS) is 23.8. The Morgan fingerprint density at radius 2 is 1.95 bits per heavy atom. The molecule has 0 unspecified atom stereocenters. The highest BCUT2D eigenvalue weighted by Crippen LogP contribution is 2.66. The molecule has 0 radical (unpaired) electrons. The fourth-order valence-electron chi connectivity index (χ4n) is 2.03. The fraction of sp³-hybridized carbons (Fsp3) is 0.467. The van der Waals surface area contributed by atoms with E-state index in [1.54, 1.807) is 0 Å². The predicted octanol–water partition coefficient (Wildman–Crippen LogP) is 4.86. The lowest BCUT2D eigenvalue weighted by Crippen LogP contribution is -2.30. The van der Waals surface area contributed by atoms with Crippen molar-refractivity contribution in [1.29, 1.82) is 0 Å². The van der Waals surface area contributed by atoms with Crippen LogP contribution in [0.2, 0.25) is 5.02 Å². The smallest absolute Gasteiger partial charge is 0.248 e. The van der Waals surface area contributed by atoms with Crippen LogP contribution < -0.4 is 5.43 Å². The number of amides is 1. The molecule has 1 saturated carbocycles. The van der Waals surface area contributed by atoms with Crippen molar-refractivity contribution < 1.29 is 4.79 Å². The molecule has 1 N–H and O–H groups in total. The molecule has 0 saturated heterocycles. The molecule has 1 aromatic carbocycles. The van der Waals surface area contributed by atoms with Crippen molar-refractivity contribution in [2.75, 3.05) is 0 Å². The van der Waals surface area contributed by atoms with E-state index in [0.29, 0.717) is 5.02 Å². The van der Waals surface area contributed by atoms with Gasteiger partial charge in [0.25, 0.3) is 0 Å². The SMILES string of the molecule is CCC/C(=N/NC(=O)[C@@]1(C)CC1(Br)Br)c1ccc(Cl)cc1. The first kappa shape index (κ1) is 17.0. The van der Waals surface area contributed by atoms with E-state index in [-0.39, 0.29) is 9.14 Å². The molecule has 0 bridgehead atoms. The third kappa shape index (κ3) is 3.69. The summed E-state index contributed by atoms with van der Waals surface area (Å²) in [4.78, 5) is 12.2. The van der Waals surface area contributed by atoms with Crippen LogP contribution in [0.15, 0.2) is 29.4 Å². The molecule has 114 valence electrons. The van der Waals surface area contributed by atoms with Gasteiger partial charge in [0.15, 0.2) is 0 Å². The van der Waals surface area contributed by atoms with E-state index in [4.69, 9.17) is 11.6 Å². The van der Waals surface area contributed by atoms with Gasteiger partial charge in [-0.1, -0.05) is 68.9 Å². The third-order valence-electron chi connectivity index (χ3n) is 3.72. The number of hydrogen-bond acceptors (Lipinski definition) is 2. The van der Waals surface area contributed by atoms with Gasteiger partial charge in [0.2, 0.25) is 5.91 Å². The van der Waals surface area contributed by atoms with E-state index in [1.165, 1.54) is 0 Å². The molecule has 1 aromatic rings. The summed E-state index contributed by atoms with van der Waals surface area (Å²) in [5, 5.41) is 5.01. The summed E-state index contributed by atoms with van der Waals surface area (Å²) < 4.78 is -0.308. The lowest BCUT2D eigenvalue weighted by Gasteiger charge is -2.12. The average molecular weight is 437 g/mol. The number of alkyl halides is 2. The number of carbonyl (C=O) groups is 1. The van der Waals surface area contributed by atoms with Crippen LogP contribution in [0.4, 0.5) is 0 Å². The molecule has 1 aliphatic rings. The van der Waals surface area contributed by atoms with E-state index in [1.807, 2.05) is 31.2 Å². The number of hydrogen-bond donors (Lipinski definition) is 1. The second-order valence-electron chi connectivity index (χ2n) is 5.47. The molecule has 21 heavy (non-hydrogen) atoms. The first-order valence-corrected chi connectivity index (χ1v) is 8.77. The van der Waals surface area contributed by atoms with Gasteiger partial charge in [-0.2, -0.15) is 5.10 Å². The number of nitrogens with zero attached hydrogens (tertiary/aromatic N) is 1. The number of halogens is 3. The van der Waals surface area contributed by atoms with Crippen molar-refractivity contribution in [2.24, 2.45) is 10.5 Å². The molecule has 1 atom stereocenters. The summed E-state index contributed by atoms with van der Waals surface area (Å²) >= 11 is 12.9. The van der Waals surface area contributed by atoms with E-state index in [9.17, 15) is 4.79 Å². The van der Waals surface area contributed by atoms with Gasteiger partial charge in [-0.3, -0.25) is 4.79 Å². The van der Waals surface area contributed by atoms with Crippen molar-refractivity contribution in [3.05, 3.63) is 34.9 Å². The summed E-state index contributed by atoms with van der Waals surface area (Å²) in [6, 6.07) is 7.49. The van der Waals surface area contributed by atoms with E-state index < -0.39 is 5.41 Å². The summed E-state index contributed by atoms with van der Waals surface area (Å²) in [7, 11) is 0. The summed E-state index contributed by atoms with van der Waals surface area (Å²) in [6.45, 7) is 3.99. The maximum Gasteiger partial charge on any atom is 0.248 e. The molecule has 0 aromatic heterocycles. The Labute approximate surface area is 146 Å². The summed E-state index contributed by atoms with van der Waals surface area (Å²) in [6.07, 6.45) is 2.49. The van der Waals surface area contributed by atoms with Crippen LogP contribution in [-0.4, -0.2) is 14.9 Å². The van der Waals surface area contributed by atoms with Gasteiger partial charge in [0.05, 0.1) is 14.4 Å². The Balaban J connectivity index is 2.12. The van der Waals surface area contributed by atoms with Crippen LogP contribution in [0.3, 0.4) is 0 Å². The maximum atomic E-state index is 12.2. The van der Waals surface area contributed by atoms with Gasteiger partial charge in [-0.15, -0.1) is 0 Å². The summed E-state index contributed by atoms with van der Waals surface area (Å²) in [5.41, 5.74) is 4.07. The Morgan fingerprint density at radius 1 is 1.38 bits per heavy atom. The van der Waals surface area contributed by atoms with Crippen molar-refractivity contribution in [3.63, 3.8) is 0 Å². The van der Waals surface area contributed by atoms with Crippen LogP contribution in [0.25, 0.3) is 0 Å². The van der Waals surface area contributed by atoms with Crippen molar-refractivity contribution in [3.8, 4) is 0 Å². The minimum atomic E-state index is -0.464. The molecule has 2 rings (SSSR count). The van der Waals surface area contributed by atoms with Crippen LogP contribution in [0.5, 0.6) is 0 Å². The quantitative estimate of drug-likeness (QED) is 0.400. The number of rotatable bonds is 5. The second kappa shape index (κ2) is 6.39. The second-order valence-corrected chi connectivity index (χ2v) is 9.68. The minimum absolute atomic E-state index is 0.0844. The van der Waals surface area contributed by atoms with Crippen molar-refractivity contribution in [2.45, 2.75) is 36.3 Å². The molecule has 1 amide bonds. The third-order valence-corrected chi connectivity index (χ3v) is 6.28. The van der Waals surface area contributed by atoms with Gasteiger partial charge in [-0.05, 0) is 37.5 Å². The number of nitrogens with one attached hydrogen (secondary N) is 1. The first-order chi connectivity index (χ1) is 9.80. The van der Waals surface area contributed by atoms with E-state index >= 15 is 0 Å². The number of hydrazone groups is 1. The van der Waals surface area contributed by atoms with Gasteiger partial charge in [0, 0.05) is 5.02 Å². The van der Waals surface area contributed by atoms with E-state index in [2.05, 4.69) is 49.3 Å². The highest BCUT2D eigenvalue weighted by molar-refractivity contribution is 9.25. The van der Waals surface area contributed by atoms with Crippen LogP contribution in [0.1, 0.15) is 38.7 Å². The van der Waals surface area contributed by atoms with Crippen molar-refractivity contribution >= 4 is 55.1 Å². The lowest BCUT2D eigenvalue weighted by atomic mass is 10.1. The minimum Gasteiger partial charge on any atom is -0.272 e. The zero-order chi connectivity index (χ0) is 15.7. The Morgan fingerprint density at radius 3 is 2.43 bits per heavy atom. The monoisotopic (exact) mass is 434 g/mol. The zero-order valence-electron chi connectivity index (χ0n) is 11.9. The Kier molecular flexibility index (Phi) is 5.16. The largest absolute Gasteiger partial charge is 0.272 e. The highest BCUT2D eigenvalue weighted by Gasteiger charge is 2.66. The first-order valence-electron chi connectivity index (χ1n) is 6.81. The average Bonchev–Trinajstić information content (AvgIpc) is 2.95. The molecule has 1 aliphatic carbocycles. The Bertz CT molecular complexity index is 572. The van der Waals surface area contributed by atoms with E-state index in [0.717, 1.165) is 30.5 Å². The van der Waals surface area contributed by atoms with Crippen LogP contribution in [-0.2, 0) is 4.79 Å². The number of benzene rings is 1. The predicted molar refractivity (Wildman–Crippen MR) is 94.3 cm³/mol. The summed E-state index contributed by atoms with van der Waals surface area (Å²) in [5.74, 6) is -0.0844. The molecule has 3 nitrogen and oxygen atoms in total. The maximum absolute atomic E-state index is 12.2. The molecule has 0 heterocycles. The van der Waals surface area contributed by atoms with Crippen molar-refractivity contribution in [1.82, 2.24) is 5.43 Å². The zero-order valence-corrected chi connectivity index (χ0v) is 15.8. The standard InChI is InChI=1S/C15H17Br2ClN2O/c1-3-4-12(10-5-7-11(18)8-6-10)19-20-13(21)14(2)9-15(14,16)17/h5-8H,3-4,9H2,1-2H3,(H,20,21)/b19-12-/t14-/m1/s1.